The number of hydrogen-bond acceptors (Lipinski definition) is 4. The lowest BCUT2D eigenvalue weighted by Crippen LogP contribution is -2.25. The molecule has 0 aromatic heterocycles. The predicted molar refractivity (Wildman–Crippen MR) is 70.7 cm³/mol. The second-order valence-corrected chi connectivity index (χ2v) is 6.07. The highest BCUT2D eigenvalue weighted by Crippen LogP contribution is 2.20. The Morgan fingerprint density at radius 3 is 2.20 bits per heavy atom. The first-order valence-corrected chi connectivity index (χ1v) is 6.50. The Morgan fingerprint density at radius 2 is 1.67 bits per heavy atom. The fourth-order valence-corrected chi connectivity index (χ4v) is 1.31. The smallest absolute Gasteiger partial charge is 0.331 e. The van der Waals surface area contributed by atoms with E-state index in [0.29, 0.717) is 6.61 Å². The zero-order chi connectivity index (χ0) is 11.7. The van der Waals surface area contributed by atoms with Crippen LogP contribution < -0.4 is 0 Å². The van der Waals surface area contributed by atoms with Crippen LogP contribution in [0.15, 0.2) is 0 Å². The number of hydrogen-bond donors (Lipinski definition) is 2. The van der Waals surface area contributed by atoms with Crippen LogP contribution >= 0.6 is 25.3 Å². The molecule has 15 heavy (non-hydrogen) atoms. The van der Waals surface area contributed by atoms with E-state index in [9.17, 15) is 4.79 Å². The highest BCUT2D eigenvalue weighted by molar-refractivity contribution is 8.01. The van der Waals surface area contributed by atoms with Crippen LogP contribution in [0.5, 0.6) is 0 Å². The summed E-state index contributed by atoms with van der Waals surface area (Å²) in [4.78, 5) is 11.2. The van der Waals surface area contributed by atoms with Crippen LogP contribution in [0.25, 0.3) is 0 Å². The topological polar surface area (TPSA) is 26.3 Å². The summed E-state index contributed by atoms with van der Waals surface area (Å²) in [6.07, 6.45) is 7.12. The molecule has 0 atom stereocenters. The third-order valence-corrected chi connectivity index (χ3v) is 2.48. The van der Waals surface area contributed by atoms with Crippen molar-refractivity contribution in [3.05, 3.63) is 0 Å². The Labute approximate surface area is 104 Å². The van der Waals surface area contributed by atoms with Crippen LogP contribution in [0.2, 0.25) is 0 Å². The molecule has 0 aromatic carbocycles. The number of carbonyl (C=O) groups is 1. The van der Waals surface area contributed by atoms with Gasteiger partial charge in [-0.1, -0.05) is 39.0 Å². The highest BCUT2D eigenvalue weighted by atomic mass is 32.2. The minimum atomic E-state index is -0.970. The molecular formula is C11H22O2S2. The zero-order valence-electron chi connectivity index (χ0n) is 9.66. The second-order valence-electron chi connectivity index (χ2n) is 3.92. The van der Waals surface area contributed by atoms with Crippen LogP contribution in [0.1, 0.15) is 52.4 Å². The number of rotatable bonds is 8. The van der Waals surface area contributed by atoms with E-state index < -0.39 is 4.08 Å². The van der Waals surface area contributed by atoms with E-state index in [4.69, 9.17) is 4.74 Å². The molecule has 0 bridgehead atoms. The fourth-order valence-electron chi connectivity index (χ4n) is 1.18. The lowest BCUT2D eigenvalue weighted by molar-refractivity contribution is -0.143. The number of unbranched alkanes of at least 4 members (excludes halogenated alkanes) is 5. The number of ether oxygens (including phenoxy) is 1. The molecule has 0 aliphatic rings. The van der Waals surface area contributed by atoms with Gasteiger partial charge in [0.05, 0.1) is 6.61 Å². The zero-order valence-corrected chi connectivity index (χ0v) is 11.4. The normalized spacial score (nSPS) is 11.5. The molecule has 0 N–H and O–H groups in total. The molecular weight excluding hydrogens is 228 g/mol. The molecule has 0 saturated carbocycles. The van der Waals surface area contributed by atoms with Crippen molar-refractivity contribution < 1.29 is 9.53 Å². The summed E-state index contributed by atoms with van der Waals surface area (Å²) < 4.78 is 4.05. The van der Waals surface area contributed by atoms with Crippen LogP contribution in [-0.4, -0.2) is 16.7 Å². The molecule has 0 amide bonds. The number of carbonyl (C=O) groups excluding carboxylic acids is 1. The molecule has 0 unspecified atom stereocenters. The van der Waals surface area contributed by atoms with Gasteiger partial charge in [-0.05, 0) is 13.3 Å². The molecule has 0 fully saturated rings. The Kier molecular flexibility index (Phi) is 8.43. The quantitative estimate of drug-likeness (QED) is 0.299. The van der Waals surface area contributed by atoms with Crippen molar-refractivity contribution >= 4 is 31.2 Å². The van der Waals surface area contributed by atoms with Crippen molar-refractivity contribution in [1.29, 1.82) is 0 Å². The Bertz CT molecular complexity index is 176. The van der Waals surface area contributed by atoms with Crippen molar-refractivity contribution in [3.8, 4) is 0 Å². The standard InChI is InChI=1S/C11H22O2S2/c1-3-4-5-6-7-8-9-13-10(12)11(2,14)15/h14-15H,3-9H2,1-2H3. The summed E-state index contributed by atoms with van der Waals surface area (Å²) in [6, 6.07) is 0. The average molecular weight is 250 g/mol. The Hall–Kier alpha value is 0.170. The first kappa shape index (κ1) is 15.2. The summed E-state index contributed by atoms with van der Waals surface area (Å²) in [7, 11) is 0. The van der Waals surface area contributed by atoms with Gasteiger partial charge in [-0.15, -0.1) is 0 Å². The molecule has 90 valence electrons. The monoisotopic (exact) mass is 250 g/mol. The predicted octanol–water partition coefficient (Wildman–Crippen LogP) is 3.47. The van der Waals surface area contributed by atoms with Gasteiger partial charge in [-0.3, -0.25) is 0 Å². The van der Waals surface area contributed by atoms with E-state index in [-0.39, 0.29) is 5.97 Å². The maximum atomic E-state index is 11.2. The van der Waals surface area contributed by atoms with E-state index in [1.165, 1.54) is 25.7 Å². The van der Waals surface area contributed by atoms with E-state index in [1.807, 2.05) is 0 Å². The van der Waals surface area contributed by atoms with Crippen LogP contribution in [0.3, 0.4) is 0 Å². The SMILES string of the molecule is CCCCCCCCOC(=O)C(C)(S)S. The first-order chi connectivity index (χ1) is 6.98. The van der Waals surface area contributed by atoms with Crippen molar-refractivity contribution in [2.45, 2.75) is 56.5 Å². The van der Waals surface area contributed by atoms with Crippen molar-refractivity contribution in [1.82, 2.24) is 0 Å². The maximum absolute atomic E-state index is 11.2. The van der Waals surface area contributed by atoms with Crippen LogP contribution in [-0.2, 0) is 9.53 Å². The molecule has 0 rings (SSSR count). The molecule has 0 spiro atoms. The van der Waals surface area contributed by atoms with Crippen molar-refractivity contribution in [2.75, 3.05) is 6.61 Å². The van der Waals surface area contributed by atoms with Gasteiger partial charge in [0, 0.05) is 0 Å². The summed E-state index contributed by atoms with van der Waals surface area (Å²) in [5, 5.41) is 0. The van der Waals surface area contributed by atoms with E-state index in [2.05, 4.69) is 32.2 Å². The lowest BCUT2D eigenvalue weighted by Gasteiger charge is -2.14. The number of thiol groups is 2. The molecule has 0 heterocycles. The summed E-state index contributed by atoms with van der Waals surface area (Å²) in [5.41, 5.74) is 0. The van der Waals surface area contributed by atoms with Crippen molar-refractivity contribution in [2.24, 2.45) is 0 Å². The van der Waals surface area contributed by atoms with E-state index in [1.54, 1.807) is 6.92 Å². The highest BCUT2D eigenvalue weighted by Gasteiger charge is 2.25. The minimum Gasteiger partial charge on any atom is -0.464 e. The van der Waals surface area contributed by atoms with Crippen LogP contribution in [0.4, 0.5) is 0 Å². The first-order valence-electron chi connectivity index (χ1n) is 5.60. The molecule has 0 aliphatic carbocycles. The van der Waals surface area contributed by atoms with E-state index >= 15 is 0 Å². The summed E-state index contributed by atoms with van der Waals surface area (Å²) >= 11 is 8.02. The van der Waals surface area contributed by atoms with Gasteiger partial charge in [0.15, 0.2) is 4.08 Å². The Balaban J connectivity index is 3.28. The summed E-state index contributed by atoms with van der Waals surface area (Å²) in [5.74, 6) is -0.359. The second kappa shape index (κ2) is 8.34. The van der Waals surface area contributed by atoms with Gasteiger partial charge in [-0.25, -0.2) is 4.79 Å². The van der Waals surface area contributed by atoms with Gasteiger partial charge >= 0.3 is 5.97 Å². The van der Waals surface area contributed by atoms with Gasteiger partial charge in [0.2, 0.25) is 0 Å². The third-order valence-electron chi connectivity index (χ3n) is 2.12. The Morgan fingerprint density at radius 1 is 1.13 bits per heavy atom. The third kappa shape index (κ3) is 9.12. The van der Waals surface area contributed by atoms with Gasteiger partial charge in [0.1, 0.15) is 0 Å². The lowest BCUT2D eigenvalue weighted by atomic mass is 10.1. The van der Waals surface area contributed by atoms with Gasteiger partial charge < -0.3 is 4.74 Å². The average Bonchev–Trinajstić information content (AvgIpc) is 2.14. The van der Waals surface area contributed by atoms with Gasteiger partial charge in [0.25, 0.3) is 0 Å². The molecule has 0 radical (unpaired) electrons. The molecule has 0 saturated heterocycles. The van der Waals surface area contributed by atoms with Crippen LogP contribution in [0, 0.1) is 0 Å². The van der Waals surface area contributed by atoms with Crippen molar-refractivity contribution in [3.63, 3.8) is 0 Å². The van der Waals surface area contributed by atoms with Gasteiger partial charge in [-0.2, -0.15) is 25.3 Å². The fraction of sp³-hybridized carbons (Fsp3) is 0.909. The van der Waals surface area contributed by atoms with E-state index in [0.717, 1.165) is 12.8 Å². The maximum Gasteiger partial charge on any atom is 0.331 e. The molecule has 0 aliphatic heterocycles. The minimum absolute atomic E-state index is 0.359. The summed E-state index contributed by atoms with van der Waals surface area (Å²) in [6.45, 7) is 4.30. The molecule has 4 heteroatoms. The molecule has 2 nitrogen and oxygen atoms in total. The largest absolute Gasteiger partial charge is 0.464 e. The molecule has 0 aromatic rings. The number of esters is 1.